The smallest absolute Gasteiger partial charge is 0.269 e. The van der Waals surface area contributed by atoms with E-state index in [4.69, 9.17) is 9.47 Å². The van der Waals surface area contributed by atoms with Gasteiger partial charge >= 0.3 is 0 Å². The third-order valence-corrected chi connectivity index (χ3v) is 3.66. The maximum absolute atomic E-state index is 12.9. The van der Waals surface area contributed by atoms with Crippen molar-refractivity contribution in [1.29, 1.82) is 0 Å². The van der Waals surface area contributed by atoms with Crippen molar-refractivity contribution >= 4 is 11.8 Å². The molecule has 0 unspecified atom stereocenters. The number of rotatable bonds is 7. The standard InChI is InChI=1S/C20H23FN2O4/c1-13(2)27-17-10-7-15(12-18(17)26-3)20(25)23-22-19(24)11-6-14-4-8-16(21)9-5-14/h4-5,7-10,12-13H,6,11H2,1-3H3,(H,22,24)(H,23,25). The molecular formula is C20H23FN2O4. The number of hydrogen-bond acceptors (Lipinski definition) is 4. The Morgan fingerprint density at radius 3 is 2.37 bits per heavy atom. The number of hydrazine groups is 1. The van der Waals surface area contributed by atoms with E-state index in [1.54, 1.807) is 24.3 Å². The highest BCUT2D eigenvalue weighted by molar-refractivity contribution is 5.96. The number of hydrogen-bond donors (Lipinski definition) is 2. The molecule has 7 heteroatoms. The molecule has 0 radical (unpaired) electrons. The van der Waals surface area contributed by atoms with Crippen LogP contribution >= 0.6 is 0 Å². The van der Waals surface area contributed by atoms with Crippen molar-refractivity contribution in [1.82, 2.24) is 10.9 Å². The molecule has 0 saturated heterocycles. The van der Waals surface area contributed by atoms with E-state index in [1.165, 1.54) is 25.3 Å². The van der Waals surface area contributed by atoms with Crippen molar-refractivity contribution in [3.05, 3.63) is 59.4 Å². The van der Waals surface area contributed by atoms with Gasteiger partial charge in [-0.1, -0.05) is 12.1 Å². The van der Waals surface area contributed by atoms with Gasteiger partial charge in [-0.25, -0.2) is 4.39 Å². The number of methoxy groups -OCH3 is 1. The monoisotopic (exact) mass is 374 g/mol. The zero-order valence-corrected chi connectivity index (χ0v) is 15.5. The highest BCUT2D eigenvalue weighted by atomic mass is 19.1. The Morgan fingerprint density at radius 1 is 1.04 bits per heavy atom. The predicted octanol–water partition coefficient (Wildman–Crippen LogP) is 3.02. The summed E-state index contributed by atoms with van der Waals surface area (Å²) in [4.78, 5) is 24.1. The number of carbonyl (C=O) groups is 2. The lowest BCUT2D eigenvalue weighted by Crippen LogP contribution is -2.41. The van der Waals surface area contributed by atoms with Crippen molar-refractivity contribution in [3.63, 3.8) is 0 Å². The zero-order valence-electron chi connectivity index (χ0n) is 15.5. The Balaban J connectivity index is 1.87. The summed E-state index contributed by atoms with van der Waals surface area (Å²) >= 11 is 0. The van der Waals surface area contributed by atoms with Crippen LogP contribution in [0, 0.1) is 5.82 Å². The van der Waals surface area contributed by atoms with Crippen molar-refractivity contribution in [3.8, 4) is 11.5 Å². The number of nitrogens with one attached hydrogen (secondary N) is 2. The van der Waals surface area contributed by atoms with E-state index in [0.29, 0.717) is 23.5 Å². The normalized spacial score (nSPS) is 10.4. The van der Waals surface area contributed by atoms with Crippen molar-refractivity contribution in [2.75, 3.05) is 7.11 Å². The van der Waals surface area contributed by atoms with E-state index < -0.39 is 5.91 Å². The van der Waals surface area contributed by atoms with Gasteiger partial charge in [-0.3, -0.25) is 20.4 Å². The molecule has 27 heavy (non-hydrogen) atoms. The summed E-state index contributed by atoms with van der Waals surface area (Å²) < 4.78 is 23.7. The molecule has 2 aromatic rings. The molecule has 0 fully saturated rings. The highest BCUT2D eigenvalue weighted by Crippen LogP contribution is 2.28. The molecule has 0 aromatic heterocycles. The first-order valence-electron chi connectivity index (χ1n) is 8.57. The van der Waals surface area contributed by atoms with Gasteiger partial charge in [0.1, 0.15) is 5.82 Å². The van der Waals surface area contributed by atoms with Gasteiger partial charge in [-0.15, -0.1) is 0 Å². The molecule has 0 aliphatic heterocycles. The minimum absolute atomic E-state index is 0.0287. The highest BCUT2D eigenvalue weighted by Gasteiger charge is 2.13. The number of amides is 2. The number of carbonyl (C=O) groups excluding carboxylic acids is 2. The van der Waals surface area contributed by atoms with Crippen LogP contribution in [-0.2, 0) is 11.2 Å². The van der Waals surface area contributed by atoms with Gasteiger partial charge in [0.2, 0.25) is 5.91 Å². The summed E-state index contributed by atoms with van der Waals surface area (Å²) in [6, 6.07) is 10.7. The first kappa shape index (κ1) is 20.2. The lowest BCUT2D eigenvalue weighted by Gasteiger charge is -2.14. The third kappa shape index (κ3) is 6.29. The first-order chi connectivity index (χ1) is 12.9. The number of ether oxygens (including phenoxy) is 2. The summed E-state index contributed by atoms with van der Waals surface area (Å²) in [7, 11) is 1.49. The van der Waals surface area contributed by atoms with Crippen LogP contribution in [0.5, 0.6) is 11.5 Å². The van der Waals surface area contributed by atoms with Crippen molar-refractivity contribution < 1.29 is 23.5 Å². The molecule has 2 N–H and O–H groups in total. The fraction of sp³-hybridized carbons (Fsp3) is 0.300. The van der Waals surface area contributed by atoms with E-state index in [9.17, 15) is 14.0 Å². The molecule has 0 saturated carbocycles. The molecule has 0 spiro atoms. The number of benzene rings is 2. The average Bonchev–Trinajstić information content (AvgIpc) is 2.65. The lowest BCUT2D eigenvalue weighted by atomic mass is 10.1. The fourth-order valence-electron chi connectivity index (χ4n) is 2.33. The zero-order chi connectivity index (χ0) is 19.8. The van der Waals surface area contributed by atoms with Gasteiger partial charge < -0.3 is 9.47 Å². The van der Waals surface area contributed by atoms with Crippen LogP contribution in [0.1, 0.15) is 36.2 Å². The first-order valence-corrected chi connectivity index (χ1v) is 8.57. The maximum atomic E-state index is 12.9. The van der Waals surface area contributed by atoms with E-state index in [2.05, 4.69) is 10.9 Å². The molecule has 144 valence electrons. The summed E-state index contributed by atoms with van der Waals surface area (Å²) in [5.74, 6) is -0.180. The Hall–Kier alpha value is -3.09. The minimum atomic E-state index is -0.473. The molecule has 0 atom stereocenters. The number of halogens is 1. The second-order valence-corrected chi connectivity index (χ2v) is 6.16. The SMILES string of the molecule is COc1cc(C(=O)NNC(=O)CCc2ccc(F)cc2)ccc1OC(C)C. The van der Waals surface area contributed by atoms with Crippen LogP contribution in [-0.4, -0.2) is 25.0 Å². The Bertz CT molecular complexity index is 791. The quantitative estimate of drug-likeness (QED) is 0.731. The van der Waals surface area contributed by atoms with Gasteiger partial charge in [-0.2, -0.15) is 0 Å². The Morgan fingerprint density at radius 2 is 1.74 bits per heavy atom. The van der Waals surface area contributed by atoms with Crippen LogP contribution in [0.2, 0.25) is 0 Å². The van der Waals surface area contributed by atoms with Crippen LogP contribution in [0.25, 0.3) is 0 Å². The largest absolute Gasteiger partial charge is 0.493 e. The summed E-state index contributed by atoms with van der Waals surface area (Å²) in [5, 5.41) is 0. The second-order valence-electron chi connectivity index (χ2n) is 6.16. The summed E-state index contributed by atoms with van der Waals surface area (Å²) in [6.45, 7) is 3.78. The molecule has 0 aliphatic rings. The maximum Gasteiger partial charge on any atom is 0.269 e. The van der Waals surface area contributed by atoms with Gasteiger partial charge in [0.15, 0.2) is 11.5 Å². The van der Waals surface area contributed by atoms with Crippen LogP contribution < -0.4 is 20.3 Å². The topological polar surface area (TPSA) is 76.7 Å². The Labute approximate surface area is 157 Å². The molecule has 2 aromatic carbocycles. The van der Waals surface area contributed by atoms with E-state index >= 15 is 0 Å². The fourth-order valence-corrected chi connectivity index (χ4v) is 2.33. The van der Waals surface area contributed by atoms with Crippen molar-refractivity contribution in [2.45, 2.75) is 32.8 Å². The average molecular weight is 374 g/mol. The van der Waals surface area contributed by atoms with E-state index in [0.717, 1.165) is 5.56 Å². The van der Waals surface area contributed by atoms with E-state index in [-0.39, 0.29) is 24.2 Å². The van der Waals surface area contributed by atoms with Crippen LogP contribution in [0.15, 0.2) is 42.5 Å². The lowest BCUT2D eigenvalue weighted by molar-refractivity contribution is -0.121. The molecule has 2 rings (SSSR count). The molecule has 6 nitrogen and oxygen atoms in total. The number of aryl methyl sites for hydroxylation is 1. The second kappa shape index (κ2) is 9.56. The predicted molar refractivity (Wildman–Crippen MR) is 99.1 cm³/mol. The molecule has 2 amide bonds. The van der Waals surface area contributed by atoms with Crippen molar-refractivity contribution in [2.24, 2.45) is 0 Å². The molecule has 0 bridgehead atoms. The van der Waals surface area contributed by atoms with Gasteiger partial charge in [-0.05, 0) is 56.2 Å². The summed E-state index contributed by atoms with van der Waals surface area (Å²) in [5.41, 5.74) is 5.88. The van der Waals surface area contributed by atoms with Gasteiger partial charge in [0.25, 0.3) is 5.91 Å². The molecular weight excluding hydrogens is 351 g/mol. The minimum Gasteiger partial charge on any atom is -0.493 e. The van der Waals surface area contributed by atoms with Gasteiger partial charge in [0.05, 0.1) is 13.2 Å². The third-order valence-electron chi connectivity index (χ3n) is 3.66. The van der Waals surface area contributed by atoms with Crippen LogP contribution in [0.3, 0.4) is 0 Å². The molecule has 0 heterocycles. The Kier molecular flexibility index (Phi) is 7.16. The van der Waals surface area contributed by atoms with Gasteiger partial charge in [0, 0.05) is 12.0 Å². The van der Waals surface area contributed by atoms with E-state index in [1.807, 2.05) is 13.8 Å². The summed E-state index contributed by atoms with van der Waals surface area (Å²) in [6.07, 6.45) is 0.576. The van der Waals surface area contributed by atoms with Crippen LogP contribution in [0.4, 0.5) is 4.39 Å². The molecule has 0 aliphatic carbocycles.